The molecule has 2 aromatic heterocycles. The van der Waals surface area contributed by atoms with E-state index in [0.29, 0.717) is 23.7 Å². The maximum atomic E-state index is 13.6. The summed E-state index contributed by atoms with van der Waals surface area (Å²) in [5.41, 5.74) is 2.86. The van der Waals surface area contributed by atoms with Crippen molar-refractivity contribution in [3.63, 3.8) is 0 Å². The van der Waals surface area contributed by atoms with E-state index in [4.69, 9.17) is 9.47 Å². The molecule has 2 heterocycles. The largest absolute Gasteiger partial charge is 0.491 e. The number of imidazole rings is 1. The van der Waals surface area contributed by atoms with Crippen molar-refractivity contribution >= 4 is 0 Å². The molecule has 35 heavy (non-hydrogen) atoms. The van der Waals surface area contributed by atoms with Gasteiger partial charge in [0, 0.05) is 11.8 Å². The van der Waals surface area contributed by atoms with E-state index in [1.807, 2.05) is 78.2 Å². The SMILES string of the molecule is CC(COc1ccccc1)n1cnc(-c2ccc(F)cc2)c1-c1ccnc(Oc2ccccc2)n1. The number of nitrogens with zero attached hydrogens (tertiary/aromatic N) is 4. The Morgan fingerprint density at radius 1 is 0.829 bits per heavy atom. The van der Waals surface area contributed by atoms with E-state index in [9.17, 15) is 4.39 Å². The van der Waals surface area contributed by atoms with Crippen molar-refractivity contribution in [2.45, 2.75) is 13.0 Å². The normalized spacial score (nSPS) is 11.7. The molecule has 0 saturated carbocycles. The molecule has 1 unspecified atom stereocenters. The van der Waals surface area contributed by atoms with Gasteiger partial charge < -0.3 is 14.0 Å². The number of hydrogen-bond donors (Lipinski definition) is 0. The van der Waals surface area contributed by atoms with Gasteiger partial charge in [-0.25, -0.2) is 14.4 Å². The molecular weight excluding hydrogens is 443 g/mol. The minimum absolute atomic E-state index is 0.0691. The Labute approximate surface area is 202 Å². The highest BCUT2D eigenvalue weighted by Gasteiger charge is 2.21. The molecular formula is C28H23FN4O2. The fraction of sp³-hybridized carbons (Fsp3) is 0.107. The van der Waals surface area contributed by atoms with Crippen LogP contribution in [0, 0.1) is 5.82 Å². The first-order valence-corrected chi connectivity index (χ1v) is 11.2. The molecule has 7 heteroatoms. The fourth-order valence-corrected chi connectivity index (χ4v) is 3.70. The number of aromatic nitrogens is 4. The molecule has 0 fully saturated rings. The summed E-state index contributed by atoms with van der Waals surface area (Å²) in [5, 5.41) is 0. The van der Waals surface area contributed by atoms with Crippen LogP contribution in [0.2, 0.25) is 0 Å². The Hall–Kier alpha value is -4.52. The summed E-state index contributed by atoms with van der Waals surface area (Å²) in [5.74, 6) is 1.13. The lowest BCUT2D eigenvalue weighted by Gasteiger charge is -2.18. The Bertz CT molecular complexity index is 1390. The molecule has 0 amide bonds. The Morgan fingerprint density at radius 2 is 1.51 bits per heavy atom. The zero-order valence-corrected chi connectivity index (χ0v) is 19.1. The van der Waals surface area contributed by atoms with Gasteiger partial charge in [0.25, 0.3) is 0 Å². The Kier molecular flexibility index (Phi) is 6.48. The minimum atomic E-state index is -0.306. The van der Waals surface area contributed by atoms with Crippen molar-refractivity contribution in [3.8, 4) is 40.2 Å². The van der Waals surface area contributed by atoms with Crippen LogP contribution in [0.15, 0.2) is 104 Å². The average Bonchev–Trinajstić information content (AvgIpc) is 3.34. The van der Waals surface area contributed by atoms with Crippen LogP contribution in [0.5, 0.6) is 17.5 Å². The van der Waals surface area contributed by atoms with E-state index >= 15 is 0 Å². The van der Waals surface area contributed by atoms with Crippen LogP contribution in [0.4, 0.5) is 4.39 Å². The van der Waals surface area contributed by atoms with Crippen molar-refractivity contribution < 1.29 is 13.9 Å². The maximum absolute atomic E-state index is 13.6. The van der Waals surface area contributed by atoms with Crippen LogP contribution in [0.25, 0.3) is 22.6 Å². The van der Waals surface area contributed by atoms with Gasteiger partial charge in [-0.1, -0.05) is 36.4 Å². The second-order valence-corrected chi connectivity index (χ2v) is 7.97. The average molecular weight is 467 g/mol. The smallest absolute Gasteiger partial charge is 0.322 e. The molecule has 3 aromatic carbocycles. The highest BCUT2D eigenvalue weighted by Crippen LogP contribution is 2.33. The van der Waals surface area contributed by atoms with E-state index in [2.05, 4.69) is 15.0 Å². The third-order valence-electron chi connectivity index (χ3n) is 5.45. The molecule has 5 rings (SSSR count). The zero-order valence-electron chi connectivity index (χ0n) is 19.1. The first-order chi connectivity index (χ1) is 17.2. The molecule has 6 nitrogen and oxygen atoms in total. The van der Waals surface area contributed by atoms with Gasteiger partial charge in [0.15, 0.2) is 0 Å². The van der Waals surface area contributed by atoms with E-state index in [-0.39, 0.29) is 17.9 Å². The van der Waals surface area contributed by atoms with Crippen molar-refractivity contribution in [3.05, 3.63) is 109 Å². The van der Waals surface area contributed by atoms with Gasteiger partial charge >= 0.3 is 6.01 Å². The molecule has 1 atom stereocenters. The van der Waals surface area contributed by atoms with Crippen LogP contribution in [0.1, 0.15) is 13.0 Å². The van der Waals surface area contributed by atoms with E-state index in [1.165, 1.54) is 12.1 Å². The number of benzene rings is 3. The fourth-order valence-electron chi connectivity index (χ4n) is 3.70. The summed E-state index contributed by atoms with van der Waals surface area (Å²) in [6.07, 6.45) is 3.41. The molecule has 0 N–H and O–H groups in total. The quantitative estimate of drug-likeness (QED) is 0.259. The van der Waals surface area contributed by atoms with Gasteiger partial charge in [-0.15, -0.1) is 0 Å². The standard InChI is InChI=1S/C28H23FN4O2/c1-20(18-34-23-8-4-2-5-9-23)33-19-31-26(21-12-14-22(29)15-13-21)27(33)25-16-17-30-28(32-25)35-24-10-6-3-7-11-24/h2-17,19-20H,18H2,1H3. The lowest BCUT2D eigenvalue weighted by Crippen LogP contribution is -2.15. The maximum Gasteiger partial charge on any atom is 0.322 e. The van der Waals surface area contributed by atoms with Crippen LogP contribution in [0.3, 0.4) is 0 Å². The van der Waals surface area contributed by atoms with Crippen LogP contribution >= 0.6 is 0 Å². The summed E-state index contributed by atoms with van der Waals surface area (Å²) in [4.78, 5) is 13.6. The lowest BCUT2D eigenvalue weighted by molar-refractivity contribution is 0.261. The topological polar surface area (TPSA) is 62.1 Å². The Balaban J connectivity index is 1.51. The van der Waals surface area contributed by atoms with Gasteiger partial charge in [0.2, 0.25) is 0 Å². The summed E-state index contributed by atoms with van der Waals surface area (Å²) in [7, 11) is 0. The van der Waals surface area contributed by atoms with Gasteiger partial charge in [0.05, 0.1) is 29.5 Å². The molecule has 5 aromatic rings. The van der Waals surface area contributed by atoms with E-state index < -0.39 is 0 Å². The number of para-hydroxylation sites is 2. The van der Waals surface area contributed by atoms with Gasteiger partial charge in [-0.3, -0.25) is 0 Å². The number of halogens is 1. The third kappa shape index (κ3) is 5.19. The molecule has 0 bridgehead atoms. The van der Waals surface area contributed by atoms with Crippen molar-refractivity contribution in [2.24, 2.45) is 0 Å². The van der Waals surface area contributed by atoms with E-state index in [0.717, 1.165) is 17.0 Å². The second-order valence-electron chi connectivity index (χ2n) is 7.97. The lowest BCUT2D eigenvalue weighted by atomic mass is 10.1. The first kappa shape index (κ1) is 22.3. The van der Waals surface area contributed by atoms with Crippen molar-refractivity contribution in [1.82, 2.24) is 19.5 Å². The van der Waals surface area contributed by atoms with Gasteiger partial charge in [-0.05, 0) is 61.5 Å². The number of ether oxygens (including phenoxy) is 2. The molecule has 0 aliphatic rings. The second kappa shape index (κ2) is 10.2. The summed E-state index contributed by atoms with van der Waals surface area (Å²) in [6, 6.07) is 27.2. The minimum Gasteiger partial charge on any atom is -0.491 e. The summed E-state index contributed by atoms with van der Waals surface area (Å²) >= 11 is 0. The first-order valence-electron chi connectivity index (χ1n) is 11.2. The van der Waals surface area contributed by atoms with Crippen molar-refractivity contribution in [2.75, 3.05) is 6.61 Å². The number of hydrogen-bond acceptors (Lipinski definition) is 5. The molecule has 0 spiro atoms. The highest BCUT2D eigenvalue weighted by molar-refractivity contribution is 5.77. The molecule has 0 saturated heterocycles. The monoisotopic (exact) mass is 466 g/mol. The van der Waals surface area contributed by atoms with Crippen LogP contribution in [-0.4, -0.2) is 26.1 Å². The molecule has 174 valence electrons. The highest BCUT2D eigenvalue weighted by atomic mass is 19.1. The van der Waals surface area contributed by atoms with Gasteiger partial charge in [0.1, 0.15) is 23.9 Å². The predicted octanol–water partition coefficient (Wildman–Crippen LogP) is 6.58. The van der Waals surface area contributed by atoms with E-state index in [1.54, 1.807) is 24.7 Å². The van der Waals surface area contributed by atoms with Gasteiger partial charge in [-0.2, -0.15) is 4.98 Å². The molecule has 0 radical (unpaired) electrons. The molecule has 0 aliphatic carbocycles. The van der Waals surface area contributed by atoms with Crippen molar-refractivity contribution in [1.29, 1.82) is 0 Å². The summed E-state index contributed by atoms with van der Waals surface area (Å²) in [6.45, 7) is 2.47. The van der Waals surface area contributed by atoms with Crippen LogP contribution < -0.4 is 9.47 Å². The summed E-state index contributed by atoms with van der Waals surface area (Å²) < 4.78 is 27.5. The van der Waals surface area contributed by atoms with Crippen LogP contribution in [-0.2, 0) is 0 Å². The zero-order chi connectivity index (χ0) is 24.0. The predicted molar refractivity (Wildman–Crippen MR) is 132 cm³/mol. The Morgan fingerprint density at radius 3 is 2.23 bits per heavy atom. The number of rotatable bonds is 8. The third-order valence-corrected chi connectivity index (χ3v) is 5.45. The molecule has 0 aliphatic heterocycles.